The number of amides is 2. The van der Waals surface area contributed by atoms with E-state index in [0.717, 1.165) is 60.0 Å². The largest absolute Gasteiger partial charge is 0.381 e. The van der Waals surface area contributed by atoms with Crippen LogP contribution in [0.25, 0.3) is 20.9 Å². The van der Waals surface area contributed by atoms with Crippen LogP contribution in [0.2, 0.25) is 0 Å². The number of aromatic nitrogens is 2. The number of carbonyl (C=O) groups is 2. The first kappa shape index (κ1) is 31.3. The molecule has 3 aliphatic heterocycles. The van der Waals surface area contributed by atoms with Gasteiger partial charge in [-0.15, -0.1) is 11.3 Å². The maximum atomic E-state index is 14.7. The van der Waals surface area contributed by atoms with Crippen molar-refractivity contribution < 1.29 is 23.1 Å². The molecule has 2 amide bonds. The molecule has 0 atom stereocenters. The van der Waals surface area contributed by atoms with E-state index in [-0.39, 0.29) is 17.2 Å². The average molecular weight is 678 g/mol. The molecular formula is C38H33F2N5O3S. The number of ether oxygens (including phenoxy) is 1. The number of rotatable bonds is 5. The smallest absolute Gasteiger partial charge is 0.259 e. The van der Waals surface area contributed by atoms with Crippen molar-refractivity contribution in [3.05, 3.63) is 113 Å². The van der Waals surface area contributed by atoms with Gasteiger partial charge in [0, 0.05) is 82.8 Å². The second-order valence-corrected chi connectivity index (χ2v) is 14.1. The summed E-state index contributed by atoms with van der Waals surface area (Å²) >= 11 is 1.40. The van der Waals surface area contributed by atoms with E-state index in [2.05, 4.69) is 20.2 Å². The number of nitrogens with zero attached hydrogens (tertiary/aromatic N) is 4. The van der Waals surface area contributed by atoms with E-state index >= 15 is 0 Å². The number of hydrogen-bond acceptors (Lipinski definition) is 7. The van der Waals surface area contributed by atoms with Crippen LogP contribution in [-0.4, -0.2) is 54.6 Å². The lowest BCUT2D eigenvalue weighted by molar-refractivity contribution is -0.000510. The highest BCUT2D eigenvalue weighted by molar-refractivity contribution is 7.19. The van der Waals surface area contributed by atoms with Crippen LogP contribution in [0.15, 0.2) is 79.1 Å². The number of hydrogen-bond donors (Lipinski definition) is 1. The molecular weight excluding hydrogens is 645 g/mol. The van der Waals surface area contributed by atoms with Crippen LogP contribution in [0, 0.1) is 24.1 Å². The molecule has 3 aromatic heterocycles. The van der Waals surface area contributed by atoms with Crippen LogP contribution in [0.3, 0.4) is 0 Å². The van der Waals surface area contributed by atoms with Gasteiger partial charge in [-0.05, 0) is 104 Å². The molecule has 5 aromatic rings. The predicted molar refractivity (Wildman–Crippen MR) is 186 cm³/mol. The highest BCUT2D eigenvalue weighted by atomic mass is 32.1. The van der Waals surface area contributed by atoms with E-state index in [1.807, 2.05) is 19.1 Å². The lowest BCUT2D eigenvalue weighted by Crippen LogP contribution is -2.59. The average Bonchev–Trinajstić information content (AvgIpc) is 3.45. The van der Waals surface area contributed by atoms with Crippen molar-refractivity contribution in [2.45, 2.75) is 26.2 Å². The summed E-state index contributed by atoms with van der Waals surface area (Å²) in [5.41, 5.74) is 5.09. The van der Waals surface area contributed by atoms with E-state index in [0.29, 0.717) is 52.4 Å². The van der Waals surface area contributed by atoms with Crippen LogP contribution in [0.4, 0.5) is 26.0 Å². The molecule has 3 aliphatic rings. The Balaban J connectivity index is 1.01. The number of halogens is 2. The van der Waals surface area contributed by atoms with Crippen LogP contribution >= 0.6 is 11.3 Å². The Kier molecular flexibility index (Phi) is 7.96. The number of carbonyl (C=O) groups excluding carboxylic acids is 2. The molecule has 2 aromatic carbocycles. The van der Waals surface area contributed by atoms with Gasteiger partial charge in [0.15, 0.2) is 0 Å². The van der Waals surface area contributed by atoms with E-state index < -0.39 is 11.8 Å². The fraction of sp³-hybridized carbons (Fsp3) is 0.263. The van der Waals surface area contributed by atoms with Crippen LogP contribution in [0.5, 0.6) is 0 Å². The summed E-state index contributed by atoms with van der Waals surface area (Å²) in [5, 5.41) is 2.98. The van der Waals surface area contributed by atoms with Crippen molar-refractivity contribution >= 4 is 40.3 Å². The van der Waals surface area contributed by atoms with E-state index in [1.165, 1.54) is 29.7 Å². The Morgan fingerprint density at radius 2 is 1.76 bits per heavy atom. The second kappa shape index (κ2) is 12.5. The third-order valence-corrected chi connectivity index (χ3v) is 11.0. The van der Waals surface area contributed by atoms with Crippen LogP contribution in [-0.2, 0) is 11.2 Å². The molecule has 0 radical (unpaired) electrons. The van der Waals surface area contributed by atoms with Gasteiger partial charge < -0.3 is 19.9 Å². The summed E-state index contributed by atoms with van der Waals surface area (Å²) in [5.74, 6) is -0.898. The highest BCUT2D eigenvalue weighted by Crippen LogP contribution is 2.45. The first-order chi connectivity index (χ1) is 23.8. The number of benzene rings is 2. The summed E-state index contributed by atoms with van der Waals surface area (Å²) in [6.45, 7) is 5.46. The third kappa shape index (κ3) is 5.87. The molecule has 0 saturated carbocycles. The summed E-state index contributed by atoms with van der Waals surface area (Å²) in [4.78, 5) is 41.3. The highest BCUT2D eigenvalue weighted by Gasteiger charge is 2.45. The number of fused-ring (bicyclic) bond motifs is 3. The van der Waals surface area contributed by atoms with Crippen molar-refractivity contribution in [2.75, 3.05) is 48.0 Å². The molecule has 49 heavy (non-hydrogen) atoms. The minimum absolute atomic E-state index is 0.231. The number of nitrogens with one attached hydrogen (secondary N) is 1. The molecule has 6 heterocycles. The van der Waals surface area contributed by atoms with Crippen molar-refractivity contribution in [1.29, 1.82) is 0 Å². The maximum Gasteiger partial charge on any atom is 0.259 e. The summed E-state index contributed by atoms with van der Waals surface area (Å²) in [6.07, 6.45) is 5.73. The fourth-order valence-electron chi connectivity index (χ4n) is 7.09. The van der Waals surface area contributed by atoms with Gasteiger partial charge in [0.05, 0.1) is 11.3 Å². The van der Waals surface area contributed by atoms with E-state index in [1.54, 1.807) is 53.6 Å². The molecule has 248 valence electrons. The summed E-state index contributed by atoms with van der Waals surface area (Å²) in [6, 6.07) is 18.3. The van der Waals surface area contributed by atoms with Crippen molar-refractivity contribution in [3.8, 4) is 20.9 Å². The minimum Gasteiger partial charge on any atom is -0.381 e. The molecule has 0 bridgehead atoms. The third-order valence-electron chi connectivity index (χ3n) is 9.72. The van der Waals surface area contributed by atoms with E-state index in [9.17, 15) is 18.4 Å². The van der Waals surface area contributed by atoms with Crippen molar-refractivity contribution in [1.82, 2.24) is 9.97 Å². The topological polar surface area (TPSA) is 87.7 Å². The minimum atomic E-state index is -0.551. The van der Waals surface area contributed by atoms with Crippen LogP contribution < -0.4 is 15.1 Å². The molecule has 8 rings (SSSR count). The molecule has 1 spiro atoms. The predicted octanol–water partition coefficient (Wildman–Crippen LogP) is 7.53. The Bertz CT molecular complexity index is 2090. The monoisotopic (exact) mass is 677 g/mol. The zero-order valence-electron chi connectivity index (χ0n) is 26.8. The number of aryl methyl sites for hydroxylation is 1. The molecule has 8 nitrogen and oxygen atoms in total. The molecule has 2 fully saturated rings. The zero-order chi connectivity index (χ0) is 33.7. The number of thiophene rings is 1. The lowest BCUT2D eigenvalue weighted by atomic mass is 9.73. The van der Waals surface area contributed by atoms with Gasteiger partial charge in [-0.2, -0.15) is 4.39 Å². The Morgan fingerprint density at radius 3 is 2.53 bits per heavy atom. The molecule has 0 unspecified atom stereocenters. The van der Waals surface area contributed by atoms with Gasteiger partial charge in [0.25, 0.3) is 11.8 Å². The lowest BCUT2D eigenvalue weighted by Gasteiger charge is -2.53. The van der Waals surface area contributed by atoms with E-state index in [4.69, 9.17) is 4.74 Å². The van der Waals surface area contributed by atoms with Gasteiger partial charge in [0.1, 0.15) is 11.6 Å². The zero-order valence-corrected chi connectivity index (χ0v) is 27.7. The van der Waals surface area contributed by atoms with Gasteiger partial charge >= 0.3 is 0 Å². The number of pyridine rings is 2. The summed E-state index contributed by atoms with van der Waals surface area (Å²) < 4.78 is 34.7. The van der Waals surface area contributed by atoms with Gasteiger partial charge in [-0.25, -0.2) is 14.4 Å². The molecule has 0 aliphatic carbocycles. The fourth-order valence-corrected chi connectivity index (χ4v) is 8.35. The quantitative estimate of drug-likeness (QED) is 0.194. The Labute approximate surface area is 286 Å². The first-order valence-electron chi connectivity index (χ1n) is 16.3. The molecule has 2 saturated heterocycles. The standard InChI is InChI=1S/C38H33F2N5O3S/c1-23-17-30(35(42-20-23)44-21-38(22-44)11-15-48-16-12-38)36(46)43-27-7-4-24(5-8-27)37(47)45-14-10-25-18-32(29-3-2-13-41-34(29)40)49-33(25)28-9-6-26(39)19-31(28)45/h2-9,13,17-20H,10-12,14-16,21-22H2,1H3,(H,43,46). The molecule has 11 heteroatoms. The maximum absolute atomic E-state index is 14.7. The molecule has 1 N–H and O–H groups in total. The summed E-state index contributed by atoms with van der Waals surface area (Å²) in [7, 11) is 0. The normalized spacial score (nSPS) is 16.4. The van der Waals surface area contributed by atoms with Gasteiger partial charge in [-0.1, -0.05) is 0 Å². The van der Waals surface area contributed by atoms with Crippen molar-refractivity contribution in [2.24, 2.45) is 5.41 Å². The van der Waals surface area contributed by atoms with Crippen LogP contribution in [0.1, 0.15) is 44.7 Å². The van der Waals surface area contributed by atoms with Gasteiger partial charge in [-0.3, -0.25) is 9.59 Å². The van der Waals surface area contributed by atoms with Gasteiger partial charge in [0.2, 0.25) is 5.95 Å². The Hall–Kier alpha value is -5.00. The Morgan fingerprint density at radius 1 is 0.959 bits per heavy atom. The second-order valence-electron chi connectivity index (χ2n) is 13.1. The van der Waals surface area contributed by atoms with Crippen molar-refractivity contribution in [3.63, 3.8) is 0 Å². The first-order valence-corrected chi connectivity index (χ1v) is 17.1. The number of anilines is 3. The SMILES string of the molecule is Cc1cnc(N2CC3(CCOCC3)C2)c(C(=O)Nc2ccc(C(=O)N3CCc4cc(-c5cccnc5F)sc4-c4ccc(F)cc43)cc2)c1.